The van der Waals surface area contributed by atoms with Crippen molar-refractivity contribution in [2.45, 2.75) is 6.42 Å². The number of aromatic nitrogens is 4. The molecule has 96 valence electrons. The number of nitrogens with zero attached hydrogens (tertiary/aromatic N) is 4. The molecule has 0 spiro atoms. The van der Waals surface area contributed by atoms with Crippen LogP contribution >= 0.6 is 11.6 Å². The first kappa shape index (κ1) is 12.1. The van der Waals surface area contributed by atoms with E-state index in [-0.39, 0.29) is 6.61 Å². The number of hydrogen-bond acceptors (Lipinski definition) is 4. The predicted octanol–water partition coefficient (Wildman–Crippen LogP) is 2.00. The van der Waals surface area contributed by atoms with Crippen LogP contribution in [0.1, 0.15) is 5.56 Å². The summed E-state index contributed by atoms with van der Waals surface area (Å²) in [6.45, 7) is 0.0966. The van der Waals surface area contributed by atoms with Crippen molar-refractivity contribution in [2.75, 3.05) is 6.61 Å². The van der Waals surface area contributed by atoms with Gasteiger partial charge in [0.25, 0.3) is 0 Å². The molecular weight excluding hydrogens is 264 g/mol. The van der Waals surface area contributed by atoms with E-state index in [0.29, 0.717) is 22.7 Å². The highest BCUT2D eigenvalue weighted by molar-refractivity contribution is 6.33. The zero-order valence-corrected chi connectivity index (χ0v) is 10.7. The normalized spacial score (nSPS) is 11.1. The van der Waals surface area contributed by atoms with Crippen molar-refractivity contribution in [1.29, 1.82) is 0 Å². The first-order valence-electron chi connectivity index (χ1n) is 5.84. The summed E-state index contributed by atoms with van der Waals surface area (Å²) in [4.78, 5) is 12.4. The van der Waals surface area contributed by atoms with E-state index < -0.39 is 0 Å². The van der Waals surface area contributed by atoms with Crippen LogP contribution in [0.15, 0.2) is 36.9 Å². The van der Waals surface area contributed by atoms with Gasteiger partial charge in [-0.3, -0.25) is 4.57 Å². The third-order valence-corrected chi connectivity index (χ3v) is 3.20. The number of rotatable bonds is 3. The molecule has 0 radical (unpaired) electrons. The van der Waals surface area contributed by atoms with E-state index in [1.807, 2.05) is 28.8 Å². The number of halogens is 1. The largest absolute Gasteiger partial charge is 0.396 e. The minimum Gasteiger partial charge on any atom is -0.396 e. The Kier molecular flexibility index (Phi) is 3.15. The zero-order valence-electron chi connectivity index (χ0n) is 9.99. The molecule has 2 aromatic heterocycles. The van der Waals surface area contributed by atoms with Gasteiger partial charge in [-0.1, -0.05) is 29.8 Å². The van der Waals surface area contributed by atoms with E-state index in [0.717, 1.165) is 11.3 Å². The van der Waals surface area contributed by atoms with Gasteiger partial charge in [-0.25, -0.2) is 15.0 Å². The minimum atomic E-state index is 0.0966. The maximum absolute atomic E-state index is 9.13. The van der Waals surface area contributed by atoms with Crippen LogP contribution in [0, 0.1) is 0 Å². The second-order valence-corrected chi connectivity index (χ2v) is 4.41. The average molecular weight is 275 g/mol. The smallest absolute Gasteiger partial charge is 0.169 e. The van der Waals surface area contributed by atoms with E-state index in [4.69, 9.17) is 16.7 Å². The summed E-state index contributed by atoms with van der Waals surface area (Å²) in [5.74, 6) is 0. The predicted molar refractivity (Wildman–Crippen MR) is 72.5 cm³/mol. The molecule has 0 unspecified atom stereocenters. The highest BCUT2D eigenvalue weighted by atomic mass is 35.5. The van der Waals surface area contributed by atoms with Crippen LogP contribution < -0.4 is 0 Å². The molecule has 5 nitrogen and oxygen atoms in total. The maximum Gasteiger partial charge on any atom is 0.169 e. The van der Waals surface area contributed by atoms with Crippen molar-refractivity contribution in [3.8, 4) is 5.69 Å². The van der Waals surface area contributed by atoms with Crippen molar-refractivity contribution in [3.63, 3.8) is 0 Å². The third-order valence-electron chi connectivity index (χ3n) is 2.92. The lowest BCUT2D eigenvalue weighted by Crippen LogP contribution is -2.01. The van der Waals surface area contributed by atoms with Crippen LogP contribution in [0.2, 0.25) is 5.15 Å². The molecule has 1 aromatic carbocycles. The van der Waals surface area contributed by atoms with Gasteiger partial charge in [0.05, 0.1) is 5.69 Å². The molecule has 0 aliphatic carbocycles. The van der Waals surface area contributed by atoms with Crippen LogP contribution in [0.3, 0.4) is 0 Å². The number of para-hydroxylation sites is 1. The fourth-order valence-electron chi connectivity index (χ4n) is 2.06. The Bertz CT molecular complexity index is 725. The van der Waals surface area contributed by atoms with Gasteiger partial charge >= 0.3 is 0 Å². The molecule has 3 aromatic rings. The Hall–Kier alpha value is -1.98. The van der Waals surface area contributed by atoms with E-state index in [9.17, 15) is 0 Å². The van der Waals surface area contributed by atoms with Crippen molar-refractivity contribution in [1.82, 2.24) is 19.5 Å². The summed E-state index contributed by atoms with van der Waals surface area (Å²) in [5.41, 5.74) is 3.20. The molecule has 0 bridgehead atoms. The molecular formula is C13H11ClN4O. The molecule has 0 aliphatic heterocycles. The van der Waals surface area contributed by atoms with E-state index in [2.05, 4.69) is 15.0 Å². The first-order chi connectivity index (χ1) is 9.31. The van der Waals surface area contributed by atoms with Crippen molar-refractivity contribution in [2.24, 2.45) is 0 Å². The highest BCUT2D eigenvalue weighted by Gasteiger charge is 2.11. The van der Waals surface area contributed by atoms with E-state index >= 15 is 0 Å². The summed E-state index contributed by atoms with van der Waals surface area (Å²) in [7, 11) is 0. The lowest BCUT2D eigenvalue weighted by Gasteiger charge is -2.09. The summed E-state index contributed by atoms with van der Waals surface area (Å²) >= 11 is 5.99. The van der Waals surface area contributed by atoms with Gasteiger partial charge in [0.15, 0.2) is 10.8 Å². The topological polar surface area (TPSA) is 63.8 Å². The third kappa shape index (κ3) is 2.07. The number of benzene rings is 1. The Morgan fingerprint density at radius 1 is 1.16 bits per heavy atom. The summed E-state index contributed by atoms with van der Waals surface area (Å²) in [6, 6.07) is 7.81. The van der Waals surface area contributed by atoms with E-state index in [1.54, 1.807) is 6.33 Å². The van der Waals surface area contributed by atoms with Crippen molar-refractivity contribution < 1.29 is 5.11 Å². The molecule has 0 saturated heterocycles. The van der Waals surface area contributed by atoms with Gasteiger partial charge in [0.1, 0.15) is 18.2 Å². The Morgan fingerprint density at radius 3 is 2.84 bits per heavy atom. The lowest BCUT2D eigenvalue weighted by molar-refractivity contribution is 0.299. The standard InChI is InChI=1S/C13H11ClN4O/c14-12-11-13(16-7-15-12)18(8-17-11)10-4-2-1-3-9(10)5-6-19/h1-4,7-8,19H,5-6H2. The molecule has 0 fully saturated rings. The average Bonchev–Trinajstić information content (AvgIpc) is 2.85. The van der Waals surface area contributed by atoms with Crippen LogP contribution in [0.25, 0.3) is 16.9 Å². The Balaban J connectivity index is 2.22. The molecule has 0 amide bonds. The zero-order chi connectivity index (χ0) is 13.2. The number of imidazole rings is 1. The van der Waals surface area contributed by atoms with Crippen molar-refractivity contribution in [3.05, 3.63) is 47.6 Å². The first-order valence-corrected chi connectivity index (χ1v) is 6.21. The summed E-state index contributed by atoms with van der Waals surface area (Å²) < 4.78 is 1.86. The number of hydrogen-bond donors (Lipinski definition) is 1. The minimum absolute atomic E-state index is 0.0966. The number of aliphatic hydroxyl groups excluding tert-OH is 1. The number of fused-ring (bicyclic) bond motifs is 1. The Labute approximate surface area is 114 Å². The van der Waals surface area contributed by atoms with Gasteiger partial charge < -0.3 is 5.11 Å². The number of aliphatic hydroxyl groups is 1. The molecule has 0 atom stereocenters. The van der Waals surface area contributed by atoms with Crippen LogP contribution in [0.4, 0.5) is 0 Å². The van der Waals surface area contributed by atoms with Crippen LogP contribution in [-0.2, 0) is 6.42 Å². The summed E-state index contributed by atoms with van der Waals surface area (Å²) in [6.07, 6.45) is 3.66. The molecule has 19 heavy (non-hydrogen) atoms. The fraction of sp³-hybridized carbons (Fsp3) is 0.154. The molecule has 1 N–H and O–H groups in total. The molecule has 2 heterocycles. The molecule has 3 rings (SSSR count). The van der Waals surface area contributed by atoms with Gasteiger partial charge in [-0.2, -0.15) is 0 Å². The lowest BCUT2D eigenvalue weighted by atomic mass is 10.1. The monoisotopic (exact) mass is 274 g/mol. The van der Waals surface area contributed by atoms with Gasteiger partial charge in [-0.15, -0.1) is 0 Å². The van der Waals surface area contributed by atoms with Crippen molar-refractivity contribution >= 4 is 22.8 Å². The molecule has 0 saturated carbocycles. The SMILES string of the molecule is OCCc1ccccc1-n1cnc2c(Cl)ncnc21. The fourth-order valence-corrected chi connectivity index (χ4v) is 2.24. The summed E-state index contributed by atoms with van der Waals surface area (Å²) in [5, 5.41) is 9.46. The molecule has 6 heteroatoms. The van der Waals surface area contributed by atoms with E-state index in [1.165, 1.54) is 6.33 Å². The Morgan fingerprint density at radius 2 is 2.00 bits per heavy atom. The second kappa shape index (κ2) is 4.95. The maximum atomic E-state index is 9.13. The van der Waals surface area contributed by atoms with Gasteiger partial charge in [-0.05, 0) is 18.1 Å². The van der Waals surface area contributed by atoms with Gasteiger partial charge in [0.2, 0.25) is 0 Å². The highest BCUT2D eigenvalue weighted by Crippen LogP contribution is 2.22. The second-order valence-electron chi connectivity index (χ2n) is 4.05. The van der Waals surface area contributed by atoms with Crippen LogP contribution in [-0.4, -0.2) is 31.2 Å². The van der Waals surface area contributed by atoms with Gasteiger partial charge in [0, 0.05) is 6.61 Å². The molecule has 0 aliphatic rings. The quantitative estimate of drug-likeness (QED) is 0.742. The van der Waals surface area contributed by atoms with Crippen LogP contribution in [0.5, 0.6) is 0 Å².